The molecule has 3 heteroatoms. The smallest absolute Gasteiger partial charge is 0.203 e. The van der Waals surface area contributed by atoms with Crippen molar-refractivity contribution in [1.29, 1.82) is 0 Å². The van der Waals surface area contributed by atoms with Gasteiger partial charge in [0.2, 0.25) is 5.78 Å². The molecule has 92 valence electrons. The number of Topliss-reactive ketones (excluding diaryl/α,β-unsaturated/α-hetero) is 1. The molecule has 3 nitrogen and oxygen atoms in total. The Morgan fingerprint density at radius 1 is 1.00 bits per heavy atom. The molecule has 1 N–H and O–H groups in total. The quantitative estimate of drug-likeness (QED) is 0.875. The predicted octanol–water partition coefficient (Wildman–Crippen LogP) is 2.37. The molecule has 0 heterocycles. The highest BCUT2D eigenvalue weighted by Crippen LogP contribution is 2.14. The van der Waals surface area contributed by atoms with Crippen LogP contribution < -0.4 is 4.74 Å². The minimum absolute atomic E-state index is 0.139. The summed E-state index contributed by atoms with van der Waals surface area (Å²) in [6, 6.07) is 17.9. The fraction of sp³-hybridized carbons (Fsp3) is 0.133. The van der Waals surface area contributed by atoms with E-state index in [1.54, 1.807) is 36.4 Å². The molecule has 0 aliphatic carbocycles. The van der Waals surface area contributed by atoms with Crippen LogP contribution in [0.3, 0.4) is 0 Å². The monoisotopic (exact) mass is 242 g/mol. The summed E-state index contributed by atoms with van der Waals surface area (Å²) < 4.78 is 5.30. The van der Waals surface area contributed by atoms with Gasteiger partial charge in [-0.2, -0.15) is 0 Å². The van der Waals surface area contributed by atoms with Gasteiger partial charge in [-0.25, -0.2) is 0 Å². The van der Waals surface area contributed by atoms with E-state index in [-0.39, 0.29) is 12.4 Å². The van der Waals surface area contributed by atoms with E-state index in [9.17, 15) is 9.90 Å². The molecule has 0 radical (unpaired) electrons. The molecule has 2 rings (SSSR count). The van der Waals surface area contributed by atoms with Crippen LogP contribution in [0, 0.1) is 0 Å². The van der Waals surface area contributed by atoms with Gasteiger partial charge in [0.05, 0.1) is 0 Å². The van der Waals surface area contributed by atoms with Gasteiger partial charge in [0.15, 0.2) is 0 Å². The van der Waals surface area contributed by atoms with E-state index in [1.165, 1.54) is 0 Å². The van der Waals surface area contributed by atoms with Crippen molar-refractivity contribution in [3.8, 4) is 5.75 Å². The third-order valence-electron chi connectivity index (χ3n) is 2.54. The Morgan fingerprint density at radius 2 is 1.56 bits per heavy atom. The first kappa shape index (κ1) is 12.3. The minimum Gasteiger partial charge on any atom is -0.486 e. The summed E-state index contributed by atoms with van der Waals surface area (Å²) in [6.07, 6.45) is -1.13. The van der Waals surface area contributed by atoms with E-state index in [4.69, 9.17) is 4.74 Å². The molecule has 0 aromatic heterocycles. The summed E-state index contributed by atoms with van der Waals surface area (Å²) in [6.45, 7) is -0.139. The molecular formula is C15H14O3. The second-order valence-electron chi connectivity index (χ2n) is 3.88. The van der Waals surface area contributed by atoms with Crippen molar-refractivity contribution in [2.24, 2.45) is 0 Å². The SMILES string of the molecule is O=C(COc1ccccc1)C(O)c1ccccc1. The summed E-state index contributed by atoms with van der Waals surface area (Å²) in [7, 11) is 0. The van der Waals surface area contributed by atoms with E-state index in [0.717, 1.165) is 0 Å². The maximum atomic E-state index is 11.7. The Kier molecular flexibility index (Phi) is 4.10. The summed E-state index contributed by atoms with van der Waals surface area (Å²) in [5, 5.41) is 9.84. The van der Waals surface area contributed by atoms with E-state index >= 15 is 0 Å². The number of carbonyl (C=O) groups excluding carboxylic acids is 1. The van der Waals surface area contributed by atoms with E-state index < -0.39 is 6.10 Å². The van der Waals surface area contributed by atoms with Crippen LogP contribution in [-0.2, 0) is 4.79 Å². The van der Waals surface area contributed by atoms with Gasteiger partial charge in [-0.05, 0) is 17.7 Å². The number of hydrogen-bond acceptors (Lipinski definition) is 3. The first-order valence-electron chi connectivity index (χ1n) is 5.71. The first-order valence-corrected chi connectivity index (χ1v) is 5.71. The molecule has 1 atom stereocenters. The number of benzene rings is 2. The van der Waals surface area contributed by atoms with Gasteiger partial charge < -0.3 is 9.84 Å². The largest absolute Gasteiger partial charge is 0.486 e. The number of rotatable bonds is 5. The van der Waals surface area contributed by atoms with Crippen LogP contribution in [-0.4, -0.2) is 17.5 Å². The van der Waals surface area contributed by atoms with Gasteiger partial charge in [-0.1, -0.05) is 48.5 Å². The third-order valence-corrected chi connectivity index (χ3v) is 2.54. The zero-order valence-electron chi connectivity index (χ0n) is 9.82. The molecule has 0 aliphatic heterocycles. The van der Waals surface area contributed by atoms with Crippen LogP contribution in [0.5, 0.6) is 5.75 Å². The molecule has 1 unspecified atom stereocenters. The summed E-state index contributed by atoms with van der Waals surface area (Å²) >= 11 is 0. The Balaban J connectivity index is 1.93. The molecule has 0 fully saturated rings. The van der Waals surface area contributed by atoms with E-state index in [2.05, 4.69) is 0 Å². The average Bonchev–Trinajstić information content (AvgIpc) is 2.46. The van der Waals surface area contributed by atoms with Gasteiger partial charge >= 0.3 is 0 Å². The minimum atomic E-state index is -1.13. The Morgan fingerprint density at radius 3 is 2.17 bits per heavy atom. The van der Waals surface area contributed by atoms with Crippen molar-refractivity contribution in [1.82, 2.24) is 0 Å². The number of hydrogen-bond donors (Lipinski definition) is 1. The zero-order valence-corrected chi connectivity index (χ0v) is 9.82. The third kappa shape index (κ3) is 3.18. The number of carbonyl (C=O) groups is 1. The van der Waals surface area contributed by atoms with Gasteiger partial charge in [-0.3, -0.25) is 4.79 Å². The van der Waals surface area contributed by atoms with Crippen LogP contribution in [0.2, 0.25) is 0 Å². The van der Waals surface area contributed by atoms with Crippen LogP contribution in [0.15, 0.2) is 60.7 Å². The fourth-order valence-corrected chi connectivity index (χ4v) is 1.57. The number of aliphatic hydroxyl groups excluding tert-OH is 1. The molecule has 0 spiro atoms. The van der Waals surface area contributed by atoms with Crippen molar-refractivity contribution in [3.63, 3.8) is 0 Å². The van der Waals surface area contributed by atoms with Crippen molar-refractivity contribution >= 4 is 5.78 Å². The number of para-hydroxylation sites is 1. The van der Waals surface area contributed by atoms with Gasteiger partial charge in [0.1, 0.15) is 18.5 Å². The van der Waals surface area contributed by atoms with Crippen LogP contribution in [0.1, 0.15) is 11.7 Å². The molecule has 0 bridgehead atoms. The lowest BCUT2D eigenvalue weighted by Gasteiger charge is -2.10. The zero-order chi connectivity index (χ0) is 12.8. The van der Waals surface area contributed by atoms with E-state index in [1.807, 2.05) is 24.3 Å². The molecule has 0 amide bonds. The molecule has 0 saturated carbocycles. The summed E-state index contributed by atoms with van der Waals surface area (Å²) in [5.41, 5.74) is 0.583. The van der Waals surface area contributed by atoms with Gasteiger partial charge in [-0.15, -0.1) is 0 Å². The van der Waals surface area contributed by atoms with Gasteiger partial charge in [0.25, 0.3) is 0 Å². The Labute approximate surface area is 106 Å². The predicted molar refractivity (Wildman–Crippen MR) is 68.3 cm³/mol. The topological polar surface area (TPSA) is 46.5 Å². The maximum Gasteiger partial charge on any atom is 0.203 e. The van der Waals surface area contributed by atoms with Crippen molar-refractivity contribution in [3.05, 3.63) is 66.2 Å². The second kappa shape index (κ2) is 5.98. The standard InChI is InChI=1S/C15H14O3/c16-14(11-18-13-9-5-2-6-10-13)15(17)12-7-3-1-4-8-12/h1-10,15,17H,11H2. The van der Waals surface area contributed by atoms with Crippen LogP contribution in [0.4, 0.5) is 0 Å². The lowest BCUT2D eigenvalue weighted by atomic mass is 10.1. The Bertz CT molecular complexity index is 494. The first-order chi connectivity index (χ1) is 8.77. The van der Waals surface area contributed by atoms with Crippen molar-refractivity contribution in [2.45, 2.75) is 6.10 Å². The van der Waals surface area contributed by atoms with Crippen molar-refractivity contribution < 1.29 is 14.6 Å². The lowest BCUT2D eigenvalue weighted by Crippen LogP contribution is -2.19. The lowest BCUT2D eigenvalue weighted by molar-refractivity contribution is -0.129. The Hall–Kier alpha value is -2.13. The fourth-order valence-electron chi connectivity index (χ4n) is 1.57. The normalized spacial score (nSPS) is 11.8. The summed E-state index contributed by atoms with van der Waals surface area (Å²) in [4.78, 5) is 11.7. The second-order valence-corrected chi connectivity index (χ2v) is 3.88. The van der Waals surface area contributed by atoms with Crippen molar-refractivity contribution in [2.75, 3.05) is 6.61 Å². The molecule has 0 aliphatic rings. The van der Waals surface area contributed by atoms with Crippen LogP contribution in [0.25, 0.3) is 0 Å². The maximum absolute atomic E-state index is 11.7. The van der Waals surface area contributed by atoms with Gasteiger partial charge in [0, 0.05) is 0 Å². The van der Waals surface area contributed by atoms with Crippen LogP contribution >= 0.6 is 0 Å². The molecule has 2 aromatic carbocycles. The van der Waals surface area contributed by atoms with E-state index in [0.29, 0.717) is 11.3 Å². The average molecular weight is 242 g/mol. The highest BCUT2D eigenvalue weighted by molar-refractivity contribution is 5.85. The highest BCUT2D eigenvalue weighted by atomic mass is 16.5. The molecule has 2 aromatic rings. The molecular weight excluding hydrogens is 228 g/mol. The number of aliphatic hydroxyl groups is 1. The number of ketones is 1. The molecule has 0 saturated heterocycles. The number of ether oxygens (including phenoxy) is 1. The molecule has 18 heavy (non-hydrogen) atoms. The highest BCUT2D eigenvalue weighted by Gasteiger charge is 2.17. The summed E-state index contributed by atoms with van der Waals surface area (Å²) in [5.74, 6) is 0.260.